The second-order valence-corrected chi connectivity index (χ2v) is 6.57. The van der Waals surface area contributed by atoms with E-state index in [1.807, 2.05) is 6.92 Å². The SMILES string of the molecule is CCCNS(=O)(=O)N1C[C@@H]2CCN(C)[C@@H]2C1. The van der Waals surface area contributed by atoms with Crippen molar-refractivity contribution in [2.24, 2.45) is 5.92 Å². The zero-order chi connectivity index (χ0) is 11.8. The fourth-order valence-corrected chi connectivity index (χ4v) is 4.03. The molecule has 0 bridgehead atoms. The highest BCUT2D eigenvalue weighted by atomic mass is 32.2. The van der Waals surface area contributed by atoms with Gasteiger partial charge in [-0.1, -0.05) is 6.92 Å². The number of hydrogen-bond acceptors (Lipinski definition) is 3. The summed E-state index contributed by atoms with van der Waals surface area (Å²) in [5.41, 5.74) is 0. The van der Waals surface area contributed by atoms with Gasteiger partial charge in [-0.05, 0) is 32.4 Å². The van der Waals surface area contributed by atoms with Crippen LogP contribution in [0.15, 0.2) is 0 Å². The molecule has 0 saturated carbocycles. The molecule has 0 spiro atoms. The Hall–Kier alpha value is -0.170. The third kappa shape index (κ3) is 2.25. The summed E-state index contributed by atoms with van der Waals surface area (Å²) in [6.07, 6.45) is 1.96. The third-order valence-electron chi connectivity index (χ3n) is 3.67. The second kappa shape index (κ2) is 4.60. The molecule has 2 aliphatic rings. The van der Waals surface area contributed by atoms with E-state index in [2.05, 4.69) is 16.7 Å². The molecule has 2 heterocycles. The molecule has 1 N–H and O–H groups in total. The molecular formula is C10H21N3O2S. The van der Waals surface area contributed by atoms with E-state index in [0.29, 0.717) is 31.6 Å². The molecule has 0 amide bonds. The van der Waals surface area contributed by atoms with E-state index in [4.69, 9.17) is 0 Å². The van der Waals surface area contributed by atoms with Crippen molar-refractivity contribution < 1.29 is 8.42 Å². The Labute approximate surface area is 98.0 Å². The molecule has 16 heavy (non-hydrogen) atoms. The Balaban J connectivity index is 1.98. The lowest BCUT2D eigenvalue weighted by Gasteiger charge is -2.20. The molecule has 2 fully saturated rings. The number of likely N-dealkylation sites (tertiary alicyclic amines) is 1. The van der Waals surface area contributed by atoms with Gasteiger partial charge in [-0.25, -0.2) is 4.72 Å². The van der Waals surface area contributed by atoms with Crippen molar-refractivity contribution in [2.75, 3.05) is 33.2 Å². The number of likely N-dealkylation sites (N-methyl/N-ethyl adjacent to an activating group) is 1. The van der Waals surface area contributed by atoms with Crippen molar-refractivity contribution in [2.45, 2.75) is 25.8 Å². The summed E-state index contributed by atoms with van der Waals surface area (Å²) < 4.78 is 28.1. The predicted octanol–water partition coefficient (Wildman–Crippen LogP) is -0.133. The molecule has 2 atom stereocenters. The summed E-state index contributed by atoms with van der Waals surface area (Å²) in [7, 11) is -1.15. The van der Waals surface area contributed by atoms with Gasteiger partial charge in [0.1, 0.15) is 0 Å². The summed E-state index contributed by atoms with van der Waals surface area (Å²) in [5.74, 6) is 0.531. The van der Waals surface area contributed by atoms with Crippen LogP contribution >= 0.6 is 0 Å². The van der Waals surface area contributed by atoms with Crippen LogP contribution in [0.4, 0.5) is 0 Å². The Morgan fingerprint density at radius 1 is 1.38 bits per heavy atom. The number of nitrogens with one attached hydrogen (secondary N) is 1. The number of hydrogen-bond donors (Lipinski definition) is 1. The molecular weight excluding hydrogens is 226 g/mol. The topological polar surface area (TPSA) is 52.7 Å². The van der Waals surface area contributed by atoms with Gasteiger partial charge >= 0.3 is 0 Å². The molecule has 0 radical (unpaired) electrons. The van der Waals surface area contributed by atoms with Crippen LogP contribution < -0.4 is 4.72 Å². The van der Waals surface area contributed by atoms with Crippen LogP contribution in [-0.4, -0.2) is 56.9 Å². The maximum Gasteiger partial charge on any atom is 0.279 e. The lowest BCUT2D eigenvalue weighted by molar-refractivity contribution is 0.296. The average Bonchev–Trinajstić information content (AvgIpc) is 2.79. The normalized spacial score (nSPS) is 32.1. The van der Waals surface area contributed by atoms with Crippen LogP contribution in [0.2, 0.25) is 0 Å². The zero-order valence-electron chi connectivity index (χ0n) is 10.0. The average molecular weight is 247 g/mol. The first kappa shape index (κ1) is 12.3. The highest BCUT2D eigenvalue weighted by molar-refractivity contribution is 7.87. The molecule has 6 heteroatoms. The minimum absolute atomic E-state index is 0.429. The van der Waals surface area contributed by atoms with Gasteiger partial charge in [0, 0.05) is 25.7 Å². The van der Waals surface area contributed by atoms with Crippen LogP contribution in [0.5, 0.6) is 0 Å². The van der Waals surface area contributed by atoms with E-state index in [0.717, 1.165) is 19.4 Å². The standard InChI is InChI=1S/C10H21N3O2S/c1-3-5-11-16(14,15)13-7-9-4-6-12(2)10(9)8-13/h9-11H,3-8H2,1-2H3/t9-,10+/m0/s1. The van der Waals surface area contributed by atoms with Crippen LogP contribution in [0, 0.1) is 5.92 Å². The first-order chi connectivity index (χ1) is 7.54. The van der Waals surface area contributed by atoms with Crippen molar-refractivity contribution >= 4 is 10.2 Å². The summed E-state index contributed by atoms with van der Waals surface area (Å²) >= 11 is 0. The predicted molar refractivity (Wildman–Crippen MR) is 63.3 cm³/mol. The van der Waals surface area contributed by atoms with Crippen molar-refractivity contribution in [3.05, 3.63) is 0 Å². The number of rotatable bonds is 4. The van der Waals surface area contributed by atoms with Crippen molar-refractivity contribution in [3.8, 4) is 0 Å². The smallest absolute Gasteiger partial charge is 0.279 e. The molecule has 2 rings (SSSR count). The fraction of sp³-hybridized carbons (Fsp3) is 1.00. The van der Waals surface area contributed by atoms with E-state index in [9.17, 15) is 8.42 Å². The van der Waals surface area contributed by atoms with Crippen LogP contribution in [0.25, 0.3) is 0 Å². The molecule has 0 unspecified atom stereocenters. The summed E-state index contributed by atoms with van der Waals surface area (Å²) in [4.78, 5) is 2.28. The van der Waals surface area contributed by atoms with E-state index >= 15 is 0 Å². The van der Waals surface area contributed by atoms with Gasteiger partial charge in [0.2, 0.25) is 0 Å². The van der Waals surface area contributed by atoms with Gasteiger partial charge in [-0.3, -0.25) is 0 Å². The molecule has 2 saturated heterocycles. The molecule has 0 aromatic heterocycles. The van der Waals surface area contributed by atoms with Gasteiger partial charge in [0.25, 0.3) is 10.2 Å². The maximum absolute atomic E-state index is 11.9. The second-order valence-electron chi connectivity index (χ2n) is 4.81. The van der Waals surface area contributed by atoms with Crippen molar-refractivity contribution in [3.63, 3.8) is 0 Å². The summed E-state index contributed by atoms with van der Waals surface area (Å²) in [6.45, 7) is 4.94. The molecule has 2 aliphatic heterocycles. The largest absolute Gasteiger partial charge is 0.302 e. The first-order valence-corrected chi connectivity index (χ1v) is 7.43. The van der Waals surface area contributed by atoms with E-state index in [1.165, 1.54) is 0 Å². The van der Waals surface area contributed by atoms with E-state index < -0.39 is 10.2 Å². The van der Waals surface area contributed by atoms with E-state index in [1.54, 1.807) is 4.31 Å². The number of fused-ring (bicyclic) bond motifs is 1. The van der Waals surface area contributed by atoms with E-state index in [-0.39, 0.29) is 0 Å². The molecule has 5 nitrogen and oxygen atoms in total. The minimum atomic E-state index is -3.23. The van der Waals surface area contributed by atoms with Gasteiger partial charge in [0.05, 0.1) is 0 Å². The zero-order valence-corrected chi connectivity index (χ0v) is 10.8. The molecule has 94 valence electrons. The summed E-state index contributed by atoms with van der Waals surface area (Å²) in [6, 6.07) is 0.429. The van der Waals surface area contributed by atoms with Gasteiger partial charge in [-0.15, -0.1) is 0 Å². The minimum Gasteiger partial charge on any atom is -0.302 e. The Morgan fingerprint density at radius 3 is 2.75 bits per heavy atom. The highest BCUT2D eigenvalue weighted by Crippen LogP contribution is 2.31. The molecule has 0 aromatic rings. The molecule has 0 aliphatic carbocycles. The van der Waals surface area contributed by atoms with Gasteiger partial charge in [-0.2, -0.15) is 12.7 Å². The molecule has 0 aromatic carbocycles. The Morgan fingerprint density at radius 2 is 2.12 bits per heavy atom. The monoisotopic (exact) mass is 247 g/mol. The lowest BCUT2D eigenvalue weighted by atomic mass is 10.1. The van der Waals surface area contributed by atoms with Crippen LogP contribution in [0.1, 0.15) is 19.8 Å². The fourth-order valence-electron chi connectivity index (χ4n) is 2.65. The van der Waals surface area contributed by atoms with Crippen LogP contribution in [-0.2, 0) is 10.2 Å². The Kier molecular flexibility index (Phi) is 3.53. The number of nitrogens with zero attached hydrogens (tertiary/aromatic N) is 2. The summed E-state index contributed by atoms with van der Waals surface area (Å²) in [5, 5.41) is 0. The highest BCUT2D eigenvalue weighted by Gasteiger charge is 2.43. The van der Waals surface area contributed by atoms with Crippen molar-refractivity contribution in [1.29, 1.82) is 0 Å². The quantitative estimate of drug-likeness (QED) is 0.753. The first-order valence-electron chi connectivity index (χ1n) is 5.99. The lowest BCUT2D eigenvalue weighted by Crippen LogP contribution is -2.41. The maximum atomic E-state index is 11.9. The van der Waals surface area contributed by atoms with Crippen LogP contribution in [0.3, 0.4) is 0 Å². The van der Waals surface area contributed by atoms with Gasteiger partial charge < -0.3 is 4.90 Å². The Bertz CT molecular complexity index is 344. The van der Waals surface area contributed by atoms with Gasteiger partial charge in [0.15, 0.2) is 0 Å². The van der Waals surface area contributed by atoms with Crippen molar-refractivity contribution in [1.82, 2.24) is 13.9 Å². The third-order valence-corrected chi connectivity index (χ3v) is 5.21.